The summed E-state index contributed by atoms with van der Waals surface area (Å²) in [6.07, 6.45) is 0.890. The highest BCUT2D eigenvalue weighted by molar-refractivity contribution is 4.81. The highest BCUT2D eigenvalue weighted by Gasteiger charge is 2.28. The minimum Gasteiger partial charge on any atom is -0.389 e. The lowest BCUT2D eigenvalue weighted by Gasteiger charge is -2.35. The van der Waals surface area contributed by atoms with E-state index in [1.807, 2.05) is 21.0 Å². The van der Waals surface area contributed by atoms with E-state index in [-0.39, 0.29) is 18.2 Å². The Hall–Kier alpha value is -0.120. The molecule has 0 amide bonds. The van der Waals surface area contributed by atoms with Gasteiger partial charge in [-0.05, 0) is 27.4 Å². The fraction of sp³-hybridized carbons (Fsp3) is 1.00. The van der Waals surface area contributed by atoms with Crippen LogP contribution in [0.15, 0.2) is 0 Å². The lowest BCUT2D eigenvalue weighted by Crippen LogP contribution is -2.47. The highest BCUT2D eigenvalue weighted by atomic mass is 16.5. The summed E-state index contributed by atoms with van der Waals surface area (Å²) in [5.74, 6) is 0. The Morgan fingerprint density at radius 3 is 2.55 bits per heavy atom. The van der Waals surface area contributed by atoms with Gasteiger partial charge >= 0.3 is 0 Å². The van der Waals surface area contributed by atoms with Crippen LogP contribution in [0, 0.1) is 0 Å². The molecule has 3 unspecified atom stereocenters. The van der Waals surface area contributed by atoms with Gasteiger partial charge in [0.25, 0.3) is 0 Å². The number of hydrogen-bond donors (Lipinski definition) is 1. The third kappa shape index (κ3) is 2.15. The predicted octanol–water partition coefficient (Wildman–Crippen LogP) is 0.0863. The van der Waals surface area contributed by atoms with Crippen LogP contribution in [0.1, 0.15) is 13.3 Å². The summed E-state index contributed by atoms with van der Waals surface area (Å²) in [4.78, 5) is 2.06. The van der Waals surface area contributed by atoms with E-state index in [1.165, 1.54) is 0 Å². The van der Waals surface area contributed by atoms with Gasteiger partial charge in [-0.2, -0.15) is 0 Å². The largest absolute Gasteiger partial charge is 0.389 e. The fourth-order valence-electron chi connectivity index (χ4n) is 1.49. The average Bonchev–Trinajstić information content (AvgIpc) is 1.94. The second kappa shape index (κ2) is 3.52. The number of ether oxygens (including phenoxy) is 1. The maximum Gasteiger partial charge on any atom is 0.0929 e. The number of aliphatic hydroxyl groups excluding tert-OH is 1. The Balaban J connectivity index is 2.47. The molecule has 0 spiro atoms. The molecule has 0 saturated carbocycles. The molecule has 1 N–H and O–H groups in total. The first-order chi connectivity index (χ1) is 5.11. The Morgan fingerprint density at radius 1 is 1.45 bits per heavy atom. The number of aliphatic hydroxyl groups is 1. The molecule has 1 aliphatic heterocycles. The third-order valence-corrected chi connectivity index (χ3v) is 2.23. The van der Waals surface area contributed by atoms with Gasteiger partial charge in [-0.3, -0.25) is 0 Å². The lowest BCUT2D eigenvalue weighted by atomic mass is 10.0. The van der Waals surface area contributed by atoms with E-state index in [1.54, 1.807) is 0 Å². The van der Waals surface area contributed by atoms with E-state index >= 15 is 0 Å². The van der Waals surface area contributed by atoms with E-state index in [2.05, 4.69) is 4.90 Å². The molecule has 1 aliphatic rings. The molecule has 0 aliphatic carbocycles. The molecule has 1 fully saturated rings. The van der Waals surface area contributed by atoms with Crippen LogP contribution in [0.25, 0.3) is 0 Å². The minimum absolute atomic E-state index is 0.263. The molecule has 1 saturated heterocycles. The zero-order valence-electron chi connectivity index (χ0n) is 7.45. The van der Waals surface area contributed by atoms with E-state index in [9.17, 15) is 5.11 Å². The summed E-state index contributed by atoms with van der Waals surface area (Å²) < 4.78 is 5.29. The first-order valence-corrected chi connectivity index (χ1v) is 4.07. The molecule has 1 heterocycles. The standard InChI is InChI=1S/C8H17NO2/c1-6-4-7(9(2)3)8(10)5-11-6/h6-8,10H,4-5H2,1-3H3. The first kappa shape index (κ1) is 8.97. The zero-order valence-corrected chi connectivity index (χ0v) is 7.45. The predicted molar refractivity (Wildman–Crippen MR) is 43.5 cm³/mol. The van der Waals surface area contributed by atoms with Gasteiger partial charge in [0, 0.05) is 6.04 Å². The van der Waals surface area contributed by atoms with Crippen molar-refractivity contribution in [2.45, 2.75) is 31.6 Å². The summed E-state index contributed by atoms with van der Waals surface area (Å²) in [5.41, 5.74) is 0. The van der Waals surface area contributed by atoms with Crippen molar-refractivity contribution in [3.63, 3.8) is 0 Å². The normalized spacial score (nSPS) is 39.5. The number of nitrogens with zero attached hydrogens (tertiary/aromatic N) is 1. The van der Waals surface area contributed by atoms with Crippen LogP contribution in [-0.2, 0) is 4.74 Å². The van der Waals surface area contributed by atoms with Crippen molar-refractivity contribution >= 4 is 0 Å². The highest BCUT2D eigenvalue weighted by Crippen LogP contribution is 2.17. The molecule has 11 heavy (non-hydrogen) atoms. The third-order valence-electron chi connectivity index (χ3n) is 2.23. The van der Waals surface area contributed by atoms with Crippen LogP contribution in [0.2, 0.25) is 0 Å². The molecule has 3 atom stereocenters. The summed E-state index contributed by atoms with van der Waals surface area (Å²) in [5, 5.41) is 9.49. The molecule has 66 valence electrons. The van der Waals surface area contributed by atoms with Crippen molar-refractivity contribution in [1.82, 2.24) is 4.90 Å². The van der Waals surface area contributed by atoms with Crippen molar-refractivity contribution in [3.8, 4) is 0 Å². The summed E-state index contributed by atoms with van der Waals surface area (Å²) >= 11 is 0. The van der Waals surface area contributed by atoms with E-state index in [4.69, 9.17) is 4.74 Å². The van der Waals surface area contributed by atoms with Crippen molar-refractivity contribution in [1.29, 1.82) is 0 Å². The van der Waals surface area contributed by atoms with Crippen molar-refractivity contribution in [3.05, 3.63) is 0 Å². The van der Waals surface area contributed by atoms with Gasteiger partial charge in [0.2, 0.25) is 0 Å². The topological polar surface area (TPSA) is 32.7 Å². The minimum atomic E-state index is -0.318. The number of rotatable bonds is 1. The molecule has 0 radical (unpaired) electrons. The van der Waals surface area contributed by atoms with Crippen LogP contribution < -0.4 is 0 Å². The summed E-state index contributed by atoms with van der Waals surface area (Å²) in [6.45, 7) is 2.52. The van der Waals surface area contributed by atoms with Crippen molar-refractivity contribution in [2.75, 3.05) is 20.7 Å². The van der Waals surface area contributed by atoms with E-state index in [0.29, 0.717) is 6.61 Å². The van der Waals surface area contributed by atoms with Crippen molar-refractivity contribution < 1.29 is 9.84 Å². The Bertz CT molecular complexity index is 127. The molecule has 0 aromatic rings. The Morgan fingerprint density at radius 2 is 2.09 bits per heavy atom. The fourth-order valence-corrected chi connectivity index (χ4v) is 1.49. The van der Waals surface area contributed by atoms with E-state index < -0.39 is 0 Å². The van der Waals surface area contributed by atoms with Crippen LogP contribution >= 0.6 is 0 Å². The molecule has 1 rings (SSSR count). The maximum atomic E-state index is 9.49. The Kier molecular flexibility index (Phi) is 2.87. The molecule has 0 bridgehead atoms. The SMILES string of the molecule is CC1CC(N(C)C)C(O)CO1. The lowest BCUT2D eigenvalue weighted by molar-refractivity contribution is -0.0876. The second-order valence-electron chi connectivity index (χ2n) is 3.48. The van der Waals surface area contributed by atoms with Gasteiger partial charge in [-0.15, -0.1) is 0 Å². The average molecular weight is 159 g/mol. The van der Waals surface area contributed by atoms with Crippen LogP contribution in [0.5, 0.6) is 0 Å². The quantitative estimate of drug-likeness (QED) is 0.588. The Labute approximate surface area is 68.0 Å². The molecule has 0 aromatic heterocycles. The van der Waals surface area contributed by atoms with Gasteiger partial charge in [0.1, 0.15) is 0 Å². The van der Waals surface area contributed by atoms with Crippen molar-refractivity contribution in [2.24, 2.45) is 0 Å². The van der Waals surface area contributed by atoms with Gasteiger partial charge in [0.05, 0.1) is 18.8 Å². The molecular weight excluding hydrogens is 142 g/mol. The van der Waals surface area contributed by atoms with Gasteiger partial charge in [0.15, 0.2) is 0 Å². The smallest absolute Gasteiger partial charge is 0.0929 e. The molecule has 3 heteroatoms. The maximum absolute atomic E-state index is 9.49. The van der Waals surface area contributed by atoms with Crippen LogP contribution in [0.3, 0.4) is 0 Å². The van der Waals surface area contributed by atoms with Gasteiger partial charge in [-0.25, -0.2) is 0 Å². The molecule has 0 aromatic carbocycles. The zero-order chi connectivity index (χ0) is 8.43. The van der Waals surface area contributed by atoms with Crippen LogP contribution in [-0.4, -0.2) is 49.0 Å². The van der Waals surface area contributed by atoms with E-state index in [0.717, 1.165) is 6.42 Å². The molecule has 3 nitrogen and oxygen atoms in total. The number of likely N-dealkylation sites (N-methyl/N-ethyl adjacent to an activating group) is 1. The van der Waals surface area contributed by atoms with Gasteiger partial charge in [-0.1, -0.05) is 0 Å². The summed E-state index contributed by atoms with van der Waals surface area (Å²) in [6, 6.07) is 0.263. The second-order valence-corrected chi connectivity index (χ2v) is 3.48. The van der Waals surface area contributed by atoms with Gasteiger partial charge < -0.3 is 14.7 Å². The first-order valence-electron chi connectivity index (χ1n) is 4.07. The summed E-state index contributed by atoms with van der Waals surface area (Å²) in [7, 11) is 3.98. The molecular formula is C8H17NO2. The van der Waals surface area contributed by atoms with Crippen LogP contribution in [0.4, 0.5) is 0 Å². The monoisotopic (exact) mass is 159 g/mol. The number of hydrogen-bond acceptors (Lipinski definition) is 3.